The molecular weight excluding hydrogens is 687 g/mol. The van der Waals surface area contributed by atoms with Gasteiger partial charge in [0.05, 0.1) is 45.7 Å². The maximum atomic E-state index is 7.18. The van der Waals surface area contributed by atoms with Gasteiger partial charge in [0.25, 0.3) is 0 Å². The van der Waals surface area contributed by atoms with Crippen molar-refractivity contribution in [2.75, 3.05) is 6.61 Å². The minimum Gasteiger partial charge on any atom is -0.489 e. The molecule has 10 aromatic rings. The first-order valence-corrected chi connectivity index (χ1v) is 19.6. The Balaban J connectivity index is 1.36. The number of ether oxygens (including phenoxy) is 1. The fourth-order valence-corrected chi connectivity index (χ4v) is 8.34. The molecule has 0 radical (unpaired) electrons. The minimum atomic E-state index is 0.602. The molecule has 7 aromatic carbocycles. The number of aromatic nitrogens is 5. The van der Waals surface area contributed by atoms with Crippen LogP contribution in [0.25, 0.3) is 83.4 Å². The van der Waals surface area contributed by atoms with Crippen molar-refractivity contribution in [2.45, 2.75) is 32.6 Å². The predicted molar refractivity (Wildman–Crippen MR) is 231 cm³/mol. The van der Waals surface area contributed by atoms with E-state index in [0.29, 0.717) is 6.61 Å². The molecule has 0 saturated carbocycles. The third-order valence-electron chi connectivity index (χ3n) is 10.9. The number of hydrogen-bond donors (Lipinski definition) is 0. The van der Waals surface area contributed by atoms with Gasteiger partial charge in [0.2, 0.25) is 0 Å². The normalized spacial score (nSPS) is 11.7. The van der Waals surface area contributed by atoms with Crippen molar-refractivity contribution in [3.8, 4) is 45.6 Å². The van der Waals surface area contributed by atoms with Crippen molar-refractivity contribution in [1.29, 1.82) is 0 Å². The fraction of sp³-hybridized carbons (Fsp3) is 0.120. The second-order valence-corrected chi connectivity index (χ2v) is 14.4. The van der Waals surface area contributed by atoms with Gasteiger partial charge < -0.3 is 13.9 Å². The standard InChI is InChI=1S/C50H41N5O/c1-2-3-4-19-32-56-48-46(54-42-28-15-11-24-38(42)39-25-12-16-29-43(39)54)33-37(34-47(48)55-44-30-17-13-26-40(44)41-27-14-18-31-45(41)55)53-49(35-20-7-5-8-21-35)51-52-50(53)36-22-9-6-10-23-36/h5-18,20-31,33-34H,2-4,19,32H2,1H3. The highest BCUT2D eigenvalue weighted by molar-refractivity contribution is 6.11. The molecule has 0 amide bonds. The van der Waals surface area contributed by atoms with Crippen molar-refractivity contribution < 1.29 is 4.74 Å². The zero-order chi connectivity index (χ0) is 37.4. The third-order valence-corrected chi connectivity index (χ3v) is 10.9. The lowest BCUT2D eigenvalue weighted by molar-refractivity contribution is 0.304. The summed E-state index contributed by atoms with van der Waals surface area (Å²) in [7, 11) is 0. The Hall–Kier alpha value is -6.92. The summed E-state index contributed by atoms with van der Waals surface area (Å²) in [5.41, 5.74) is 9.27. The van der Waals surface area contributed by atoms with E-state index in [0.717, 1.165) is 80.5 Å². The van der Waals surface area contributed by atoms with E-state index >= 15 is 0 Å². The Kier molecular flexibility index (Phi) is 8.64. The van der Waals surface area contributed by atoms with E-state index < -0.39 is 0 Å². The van der Waals surface area contributed by atoms with Gasteiger partial charge in [0.1, 0.15) is 0 Å². The maximum absolute atomic E-state index is 7.18. The van der Waals surface area contributed by atoms with Gasteiger partial charge in [0, 0.05) is 32.7 Å². The van der Waals surface area contributed by atoms with Crippen molar-refractivity contribution in [1.82, 2.24) is 23.9 Å². The molecule has 6 heteroatoms. The lowest BCUT2D eigenvalue weighted by Crippen LogP contribution is -2.10. The summed E-state index contributed by atoms with van der Waals surface area (Å²) in [6, 6.07) is 60.0. The average molecular weight is 728 g/mol. The molecule has 0 spiro atoms. The Morgan fingerprint density at radius 3 is 1.23 bits per heavy atom. The molecule has 10 rings (SSSR count). The van der Waals surface area contributed by atoms with Crippen LogP contribution in [0.15, 0.2) is 170 Å². The number of rotatable bonds is 11. The van der Waals surface area contributed by atoms with Crippen LogP contribution >= 0.6 is 0 Å². The number of fused-ring (bicyclic) bond motifs is 6. The van der Waals surface area contributed by atoms with E-state index in [4.69, 9.17) is 14.9 Å². The second kappa shape index (κ2) is 14.4. The van der Waals surface area contributed by atoms with Crippen LogP contribution in [0.2, 0.25) is 0 Å². The lowest BCUT2D eigenvalue weighted by Gasteiger charge is -2.23. The van der Waals surface area contributed by atoms with Gasteiger partial charge >= 0.3 is 0 Å². The van der Waals surface area contributed by atoms with Crippen LogP contribution in [0, 0.1) is 0 Å². The summed E-state index contributed by atoms with van der Waals surface area (Å²) in [5, 5.41) is 14.6. The lowest BCUT2D eigenvalue weighted by atomic mass is 10.1. The van der Waals surface area contributed by atoms with Crippen LogP contribution in [0.4, 0.5) is 0 Å². The fourth-order valence-electron chi connectivity index (χ4n) is 8.34. The van der Waals surface area contributed by atoms with Crippen LogP contribution in [-0.2, 0) is 0 Å². The molecule has 3 heterocycles. The van der Waals surface area contributed by atoms with E-state index in [9.17, 15) is 0 Å². The molecule has 0 aliphatic heterocycles. The smallest absolute Gasteiger partial charge is 0.168 e. The summed E-state index contributed by atoms with van der Waals surface area (Å²) >= 11 is 0. The van der Waals surface area contributed by atoms with Crippen molar-refractivity contribution in [3.05, 3.63) is 170 Å². The van der Waals surface area contributed by atoms with E-state index in [1.165, 1.54) is 34.4 Å². The molecule has 0 bridgehead atoms. The minimum absolute atomic E-state index is 0.602. The van der Waals surface area contributed by atoms with Crippen LogP contribution < -0.4 is 4.74 Å². The predicted octanol–water partition coefficient (Wildman–Crippen LogP) is 12.8. The molecular formula is C50H41N5O. The first-order chi connectivity index (χ1) is 27.8. The molecule has 0 saturated heterocycles. The van der Waals surface area contributed by atoms with Crippen molar-refractivity contribution >= 4 is 43.6 Å². The molecule has 3 aromatic heterocycles. The molecule has 272 valence electrons. The monoisotopic (exact) mass is 727 g/mol. The van der Waals surface area contributed by atoms with Crippen molar-refractivity contribution in [2.24, 2.45) is 0 Å². The zero-order valence-electron chi connectivity index (χ0n) is 31.3. The Morgan fingerprint density at radius 1 is 0.429 bits per heavy atom. The van der Waals surface area contributed by atoms with E-state index in [1.54, 1.807) is 0 Å². The van der Waals surface area contributed by atoms with Crippen LogP contribution in [0.5, 0.6) is 5.75 Å². The van der Waals surface area contributed by atoms with Crippen LogP contribution in [0.1, 0.15) is 32.6 Å². The van der Waals surface area contributed by atoms with Gasteiger partial charge in [-0.3, -0.25) is 4.57 Å². The number of unbranched alkanes of at least 4 members (excludes halogenated alkanes) is 3. The van der Waals surface area contributed by atoms with Gasteiger partial charge in [-0.1, -0.05) is 160 Å². The summed E-state index contributed by atoms with van der Waals surface area (Å²) in [5.74, 6) is 2.36. The summed E-state index contributed by atoms with van der Waals surface area (Å²) < 4.78 is 14.2. The molecule has 0 fully saturated rings. The molecule has 0 atom stereocenters. The zero-order valence-corrected chi connectivity index (χ0v) is 31.3. The van der Waals surface area contributed by atoms with Gasteiger partial charge in [-0.05, 0) is 42.8 Å². The van der Waals surface area contributed by atoms with E-state index in [-0.39, 0.29) is 0 Å². The van der Waals surface area contributed by atoms with Crippen LogP contribution in [-0.4, -0.2) is 30.5 Å². The number of benzene rings is 7. The number of para-hydroxylation sites is 4. The largest absolute Gasteiger partial charge is 0.489 e. The summed E-state index contributed by atoms with van der Waals surface area (Å²) in [6.07, 6.45) is 4.43. The molecule has 0 unspecified atom stereocenters. The van der Waals surface area contributed by atoms with Crippen molar-refractivity contribution in [3.63, 3.8) is 0 Å². The summed E-state index contributed by atoms with van der Waals surface area (Å²) in [6.45, 7) is 2.85. The molecule has 6 nitrogen and oxygen atoms in total. The van der Waals surface area contributed by atoms with Gasteiger partial charge in [-0.2, -0.15) is 0 Å². The third kappa shape index (κ3) is 5.64. The Morgan fingerprint density at radius 2 is 0.821 bits per heavy atom. The van der Waals surface area contributed by atoms with Gasteiger partial charge in [-0.25, -0.2) is 0 Å². The quantitative estimate of drug-likeness (QED) is 0.125. The highest BCUT2D eigenvalue weighted by Crippen LogP contribution is 2.44. The Labute approximate surface area is 325 Å². The molecule has 56 heavy (non-hydrogen) atoms. The Bertz CT molecular complexity index is 2690. The highest BCUT2D eigenvalue weighted by atomic mass is 16.5. The molecule has 0 aliphatic rings. The number of hydrogen-bond acceptors (Lipinski definition) is 3. The highest BCUT2D eigenvalue weighted by Gasteiger charge is 2.26. The van der Waals surface area contributed by atoms with Crippen LogP contribution in [0.3, 0.4) is 0 Å². The first kappa shape index (κ1) is 33.6. The topological polar surface area (TPSA) is 49.8 Å². The molecule has 0 N–H and O–H groups in total. The summed E-state index contributed by atoms with van der Waals surface area (Å²) in [4.78, 5) is 0. The number of nitrogens with zero attached hydrogens (tertiary/aromatic N) is 5. The van der Waals surface area contributed by atoms with E-state index in [2.05, 4.69) is 178 Å². The average Bonchev–Trinajstić information content (AvgIpc) is 3.95. The second-order valence-electron chi connectivity index (χ2n) is 14.4. The maximum Gasteiger partial charge on any atom is 0.168 e. The SMILES string of the molecule is CCCCCCOc1c(-n2c3ccccc3c3ccccc32)cc(-n2c(-c3ccccc3)nnc2-c2ccccc2)cc1-n1c2ccccc2c2ccccc21. The van der Waals surface area contributed by atoms with E-state index in [1.807, 2.05) is 12.1 Å². The first-order valence-electron chi connectivity index (χ1n) is 19.6. The van der Waals surface area contributed by atoms with Gasteiger partial charge in [0.15, 0.2) is 17.4 Å². The van der Waals surface area contributed by atoms with Gasteiger partial charge in [-0.15, -0.1) is 10.2 Å². The molecule has 0 aliphatic carbocycles.